The first kappa shape index (κ1) is 21.2. The van der Waals surface area contributed by atoms with Crippen molar-refractivity contribution in [3.63, 3.8) is 0 Å². The van der Waals surface area contributed by atoms with Crippen LogP contribution in [0.4, 0.5) is 11.4 Å². The monoisotopic (exact) mass is 406 g/mol. The van der Waals surface area contributed by atoms with Gasteiger partial charge in [0, 0.05) is 5.69 Å². The molecule has 2 aromatic carbocycles. The Balaban J connectivity index is 2.20. The number of methoxy groups -OCH3 is 1. The fourth-order valence-corrected chi connectivity index (χ4v) is 3.32. The normalized spacial score (nSPS) is 10.8. The van der Waals surface area contributed by atoms with Crippen LogP contribution in [0.25, 0.3) is 0 Å². The molecule has 1 N–H and O–H groups in total. The van der Waals surface area contributed by atoms with Crippen LogP contribution < -0.4 is 14.4 Å². The van der Waals surface area contributed by atoms with Crippen LogP contribution in [-0.4, -0.2) is 46.8 Å². The van der Waals surface area contributed by atoms with E-state index in [1.165, 1.54) is 31.4 Å². The molecule has 0 fully saturated rings. The number of carbonyl (C=O) groups is 2. The molecule has 2 rings (SSSR count). The molecular weight excluding hydrogens is 384 g/mol. The number of anilines is 2. The van der Waals surface area contributed by atoms with Gasteiger partial charge in [-0.2, -0.15) is 0 Å². The summed E-state index contributed by atoms with van der Waals surface area (Å²) in [6, 6.07) is 12.7. The molecule has 0 aliphatic heterocycles. The van der Waals surface area contributed by atoms with E-state index in [2.05, 4.69) is 10.1 Å². The minimum absolute atomic E-state index is 0.281. The van der Waals surface area contributed by atoms with Crippen LogP contribution in [0, 0.1) is 0 Å². The van der Waals surface area contributed by atoms with Crippen molar-refractivity contribution in [3.05, 3.63) is 54.1 Å². The molecule has 0 aliphatic carbocycles. The number of hydrogen-bond donors (Lipinski definition) is 1. The first-order chi connectivity index (χ1) is 13.3. The number of amides is 1. The molecule has 150 valence electrons. The Labute approximate surface area is 164 Å². The molecule has 1 amide bonds. The van der Waals surface area contributed by atoms with Gasteiger partial charge >= 0.3 is 5.97 Å². The highest BCUT2D eigenvalue weighted by molar-refractivity contribution is 7.92. The summed E-state index contributed by atoms with van der Waals surface area (Å²) in [4.78, 5) is 23.9. The number of ether oxygens (including phenoxy) is 2. The highest BCUT2D eigenvalue weighted by Gasteiger charge is 2.24. The molecule has 0 aromatic heterocycles. The van der Waals surface area contributed by atoms with Crippen molar-refractivity contribution in [1.82, 2.24) is 0 Å². The van der Waals surface area contributed by atoms with Gasteiger partial charge in [-0.05, 0) is 43.3 Å². The molecule has 0 saturated heterocycles. The van der Waals surface area contributed by atoms with E-state index >= 15 is 0 Å². The number of benzene rings is 2. The van der Waals surface area contributed by atoms with E-state index in [9.17, 15) is 18.0 Å². The van der Waals surface area contributed by atoms with Gasteiger partial charge in [0.15, 0.2) is 0 Å². The van der Waals surface area contributed by atoms with Crippen LogP contribution in [0.5, 0.6) is 5.75 Å². The van der Waals surface area contributed by atoms with Gasteiger partial charge in [-0.25, -0.2) is 13.2 Å². The van der Waals surface area contributed by atoms with Gasteiger partial charge in [0.25, 0.3) is 0 Å². The molecule has 0 radical (unpaired) electrons. The van der Waals surface area contributed by atoms with Gasteiger partial charge in [0.2, 0.25) is 15.9 Å². The molecule has 0 heterocycles. The van der Waals surface area contributed by atoms with Gasteiger partial charge in [0.05, 0.1) is 31.2 Å². The summed E-state index contributed by atoms with van der Waals surface area (Å²) < 4.78 is 35.6. The highest BCUT2D eigenvalue weighted by atomic mass is 32.2. The third-order valence-electron chi connectivity index (χ3n) is 3.71. The Morgan fingerprint density at radius 2 is 1.71 bits per heavy atom. The average Bonchev–Trinajstić information content (AvgIpc) is 2.66. The van der Waals surface area contributed by atoms with Gasteiger partial charge in [-0.3, -0.25) is 9.10 Å². The van der Waals surface area contributed by atoms with Gasteiger partial charge in [0.1, 0.15) is 12.3 Å². The lowest BCUT2D eigenvalue weighted by atomic mass is 10.2. The Bertz CT molecular complexity index is 941. The first-order valence-corrected chi connectivity index (χ1v) is 10.3. The second-order valence-corrected chi connectivity index (χ2v) is 7.69. The van der Waals surface area contributed by atoms with E-state index in [4.69, 9.17) is 4.74 Å². The predicted molar refractivity (Wildman–Crippen MR) is 106 cm³/mol. The summed E-state index contributed by atoms with van der Waals surface area (Å²) in [5.74, 6) is -0.665. The topological polar surface area (TPSA) is 102 Å². The Morgan fingerprint density at radius 1 is 1.07 bits per heavy atom. The van der Waals surface area contributed by atoms with E-state index < -0.39 is 28.4 Å². The number of sulfonamides is 1. The molecule has 0 saturated carbocycles. The molecular formula is C19H22N2O6S. The zero-order valence-electron chi connectivity index (χ0n) is 15.8. The second kappa shape index (κ2) is 9.23. The Morgan fingerprint density at radius 3 is 2.29 bits per heavy atom. The smallest absolute Gasteiger partial charge is 0.337 e. The number of carbonyl (C=O) groups excluding carboxylic acids is 2. The van der Waals surface area contributed by atoms with Gasteiger partial charge < -0.3 is 14.8 Å². The summed E-state index contributed by atoms with van der Waals surface area (Å²) in [6.07, 6.45) is 1.02. The molecule has 8 nitrogen and oxygen atoms in total. The maximum Gasteiger partial charge on any atom is 0.337 e. The lowest BCUT2D eigenvalue weighted by Crippen LogP contribution is -2.37. The number of nitrogens with zero attached hydrogens (tertiary/aromatic N) is 1. The number of rotatable bonds is 8. The van der Waals surface area contributed by atoms with Gasteiger partial charge in [-0.1, -0.05) is 12.1 Å². The van der Waals surface area contributed by atoms with E-state index in [0.717, 1.165) is 10.6 Å². The third kappa shape index (κ3) is 5.46. The largest absolute Gasteiger partial charge is 0.492 e. The van der Waals surface area contributed by atoms with Crippen molar-refractivity contribution in [2.24, 2.45) is 0 Å². The predicted octanol–water partition coefficient (Wildman–Crippen LogP) is 2.28. The zero-order valence-corrected chi connectivity index (χ0v) is 16.7. The van der Waals surface area contributed by atoms with Crippen LogP contribution in [0.1, 0.15) is 17.3 Å². The van der Waals surface area contributed by atoms with Crippen molar-refractivity contribution < 1.29 is 27.5 Å². The van der Waals surface area contributed by atoms with Crippen LogP contribution >= 0.6 is 0 Å². The zero-order chi connectivity index (χ0) is 20.7. The highest BCUT2D eigenvalue weighted by Crippen LogP contribution is 2.29. The van der Waals surface area contributed by atoms with E-state index in [0.29, 0.717) is 23.6 Å². The summed E-state index contributed by atoms with van der Waals surface area (Å²) >= 11 is 0. The average molecular weight is 406 g/mol. The molecule has 0 unspecified atom stereocenters. The Hall–Kier alpha value is -3.07. The quantitative estimate of drug-likeness (QED) is 0.675. The van der Waals surface area contributed by atoms with Crippen LogP contribution in [0.3, 0.4) is 0 Å². The standard InChI is InChI=1S/C19H22N2O6S/c1-4-27-17-8-6-5-7-16(17)21(28(3,24)25)13-18(22)20-15-11-9-14(10-12-15)19(23)26-2/h5-12H,4,13H2,1-3H3,(H,20,22). The van der Waals surface area contributed by atoms with Crippen molar-refractivity contribution >= 4 is 33.3 Å². The first-order valence-electron chi connectivity index (χ1n) is 8.44. The van der Waals surface area contributed by atoms with Crippen molar-refractivity contribution in [2.45, 2.75) is 6.92 Å². The van der Waals surface area contributed by atoms with Crippen LogP contribution in [-0.2, 0) is 19.6 Å². The van der Waals surface area contributed by atoms with Crippen LogP contribution in [0.15, 0.2) is 48.5 Å². The maximum absolute atomic E-state index is 12.4. The van der Waals surface area contributed by atoms with Crippen molar-refractivity contribution in [3.8, 4) is 5.75 Å². The summed E-state index contributed by atoms with van der Waals surface area (Å²) in [6.45, 7) is 1.71. The lowest BCUT2D eigenvalue weighted by molar-refractivity contribution is -0.114. The second-order valence-electron chi connectivity index (χ2n) is 5.79. The fraction of sp³-hybridized carbons (Fsp3) is 0.263. The minimum atomic E-state index is -3.74. The summed E-state index contributed by atoms with van der Waals surface area (Å²) in [5, 5.41) is 2.61. The molecule has 2 aromatic rings. The Kier molecular flexibility index (Phi) is 7.00. The lowest BCUT2D eigenvalue weighted by Gasteiger charge is -2.24. The summed E-state index contributed by atoms with van der Waals surface area (Å²) in [5.41, 5.74) is 1.04. The molecule has 0 bridgehead atoms. The van der Waals surface area contributed by atoms with Crippen LogP contribution in [0.2, 0.25) is 0 Å². The molecule has 0 aliphatic rings. The maximum atomic E-state index is 12.4. The van der Waals surface area contributed by atoms with Gasteiger partial charge in [-0.15, -0.1) is 0 Å². The van der Waals surface area contributed by atoms with E-state index in [-0.39, 0.29) is 5.69 Å². The number of hydrogen-bond acceptors (Lipinski definition) is 6. The SMILES string of the molecule is CCOc1ccccc1N(CC(=O)Nc1ccc(C(=O)OC)cc1)S(C)(=O)=O. The number of esters is 1. The number of para-hydroxylation sites is 2. The van der Waals surface area contributed by atoms with Crippen molar-refractivity contribution in [1.29, 1.82) is 0 Å². The summed E-state index contributed by atoms with van der Waals surface area (Å²) in [7, 11) is -2.46. The molecule has 0 spiro atoms. The fourth-order valence-electron chi connectivity index (χ4n) is 2.46. The third-order valence-corrected chi connectivity index (χ3v) is 4.84. The van der Waals surface area contributed by atoms with E-state index in [1.54, 1.807) is 31.2 Å². The molecule has 0 atom stereocenters. The van der Waals surface area contributed by atoms with Crippen molar-refractivity contribution in [2.75, 3.05) is 36.1 Å². The molecule has 9 heteroatoms. The number of nitrogens with one attached hydrogen (secondary N) is 1. The minimum Gasteiger partial charge on any atom is -0.492 e. The molecule has 28 heavy (non-hydrogen) atoms. The van der Waals surface area contributed by atoms with E-state index in [1.807, 2.05) is 0 Å².